The standard InChI is InChI=1S/C34H34N4O4/c1-34(2,3)27-17-22(10-14-30(27)39)33(40)35-23-6-5-7-24(18-23)38(4)25-11-12-26-28(36-37-29(26)19-25)13-8-21-9-15-31-32(16-21)42-20-41-31/h5-19,26,29,37,39H,20H2,1-4H3,(H,35,40)/b13-8+. The Bertz CT molecular complexity index is 1660. The molecule has 8 nitrogen and oxygen atoms in total. The maximum Gasteiger partial charge on any atom is 0.255 e. The molecule has 2 unspecified atom stereocenters. The topological polar surface area (TPSA) is 95.4 Å². The summed E-state index contributed by atoms with van der Waals surface area (Å²) in [6.45, 7) is 6.27. The number of rotatable bonds is 6. The van der Waals surface area contributed by atoms with Gasteiger partial charge in [-0.1, -0.05) is 45.1 Å². The van der Waals surface area contributed by atoms with Crippen LogP contribution in [0.3, 0.4) is 0 Å². The van der Waals surface area contributed by atoms with E-state index in [2.05, 4.69) is 39.0 Å². The molecule has 0 radical (unpaired) electrons. The van der Waals surface area contributed by atoms with Gasteiger partial charge >= 0.3 is 0 Å². The second-order valence-electron chi connectivity index (χ2n) is 11.7. The fourth-order valence-corrected chi connectivity index (χ4v) is 5.28. The van der Waals surface area contributed by atoms with Crippen LogP contribution in [0.5, 0.6) is 17.2 Å². The van der Waals surface area contributed by atoms with Crippen molar-refractivity contribution in [2.24, 2.45) is 11.0 Å². The highest BCUT2D eigenvalue weighted by Gasteiger charge is 2.30. The molecule has 0 saturated carbocycles. The Kier molecular flexibility index (Phi) is 6.98. The van der Waals surface area contributed by atoms with Gasteiger partial charge in [-0.05, 0) is 77.7 Å². The smallest absolute Gasteiger partial charge is 0.255 e. The molecule has 0 aromatic heterocycles. The highest BCUT2D eigenvalue weighted by Crippen LogP contribution is 2.34. The molecule has 1 amide bonds. The fraction of sp³-hybridized carbons (Fsp3) is 0.235. The summed E-state index contributed by atoms with van der Waals surface area (Å²) in [4.78, 5) is 15.2. The second kappa shape index (κ2) is 10.8. The minimum absolute atomic E-state index is 0.0400. The van der Waals surface area contributed by atoms with Gasteiger partial charge in [0.1, 0.15) is 5.75 Å². The van der Waals surface area contributed by atoms with Gasteiger partial charge in [-0.3, -0.25) is 4.79 Å². The molecule has 3 aromatic carbocycles. The summed E-state index contributed by atoms with van der Waals surface area (Å²) >= 11 is 0. The summed E-state index contributed by atoms with van der Waals surface area (Å²) in [6, 6.07) is 18.6. The molecular weight excluding hydrogens is 528 g/mol. The highest BCUT2D eigenvalue weighted by atomic mass is 16.7. The number of likely N-dealkylation sites (N-methyl/N-ethyl adjacent to an activating group) is 1. The summed E-state index contributed by atoms with van der Waals surface area (Å²) in [5.41, 5.74) is 8.83. The van der Waals surface area contributed by atoms with E-state index in [1.54, 1.807) is 18.2 Å². The van der Waals surface area contributed by atoms with Gasteiger partial charge in [0.25, 0.3) is 5.91 Å². The third kappa shape index (κ3) is 5.48. The lowest BCUT2D eigenvalue weighted by Crippen LogP contribution is -2.31. The van der Waals surface area contributed by atoms with E-state index >= 15 is 0 Å². The zero-order valence-corrected chi connectivity index (χ0v) is 24.1. The van der Waals surface area contributed by atoms with E-state index in [9.17, 15) is 9.90 Å². The zero-order chi connectivity index (χ0) is 29.4. The number of aromatic hydroxyl groups is 1. The number of nitrogens with zero attached hydrogens (tertiary/aromatic N) is 2. The SMILES string of the molecule is CN(C1=CC2NN=C(/C=C/c3ccc4c(c3)OCO4)C2C=C1)c1cccc(NC(=O)c2ccc(O)c(C(C)(C)C)c2)c1. The van der Waals surface area contributed by atoms with Crippen molar-refractivity contribution in [3.05, 3.63) is 107 Å². The van der Waals surface area contributed by atoms with Gasteiger partial charge in [0.2, 0.25) is 6.79 Å². The van der Waals surface area contributed by atoms with Crippen LogP contribution in [-0.4, -0.2) is 36.6 Å². The average molecular weight is 563 g/mol. The number of amides is 1. The van der Waals surface area contributed by atoms with Crippen LogP contribution < -0.4 is 25.1 Å². The zero-order valence-electron chi connectivity index (χ0n) is 24.1. The van der Waals surface area contributed by atoms with E-state index < -0.39 is 0 Å². The van der Waals surface area contributed by atoms with Crippen molar-refractivity contribution >= 4 is 29.1 Å². The molecule has 2 heterocycles. The molecule has 3 aromatic rings. The molecule has 2 aliphatic heterocycles. The lowest BCUT2D eigenvalue weighted by atomic mass is 9.85. The van der Waals surface area contributed by atoms with Crippen molar-refractivity contribution < 1.29 is 19.4 Å². The molecule has 3 aliphatic rings. The van der Waals surface area contributed by atoms with Crippen LogP contribution >= 0.6 is 0 Å². The van der Waals surface area contributed by atoms with Crippen molar-refractivity contribution in [3.8, 4) is 17.2 Å². The number of allylic oxidation sites excluding steroid dienone is 2. The Hall–Kier alpha value is -4.98. The molecule has 2 atom stereocenters. The second-order valence-corrected chi connectivity index (χ2v) is 11.7. The van der Waals surface area contributed by atoms with E-state index in [1.165, 1.54) is 0 Å². The minimum atomic E-state index is -0.285. The summed E-state index contributed by atoms with van der Waals surface area (Å²) in [7, 11) is 2.00. The van der Waals surface area contributed by atoms with Crippen LogP contribution in [0.25, 0.3) is 6.08 Å². The highest BCUT2D eigenvalue weighted by molar-refractivity contribution is 6.05. The van der Waals surface area contributed by atoms with Crippen LogP contribution in [-0.2, 0) is 5.41 Å². The number of anilines is 2. The molecule has 0 bridgehead atoms. The molecule has 1 aliphatic carbocycles. The number of phenolic OH excluding ortho intramolecular Hbond substituents is 1. The van der Waals surface area contributed by atoms with Gasteiger partial charge in [-0.2, -0.15) is 5.10 Å². The van der Waals surface area contributed by atoms with E-state index in [0.29, 0.717) is 11.3 Å². The van der Waals surface area contributed by atoms with Crippen molar-refractivity contribution in [1.82, 2.24) is 5.43 Å². The van der Waals surface area contributed by atoms with Crippen molar-refractivity contribution in [1.29, 1.82) is 0 Å². The number of hydrogen-bond donors (Lipinski definition) is 3. The van der Waals surface area contributed by atoms with Gasteiger partial charge in [0, 0.05) is 41.2 Å². The number of nitrogens with one attached hydrogen (secondary N) is 2. The van der Waals surface area contributed by atoms with Crippen molar-refractivity contribution in [2.45, 2.75) is 32.2 Å². The molecule has 0 fully saturated rings. The van der Waals surface area contributed by atoms with Crippen molar-refractivity contribution in [3.63, 3.8) is 0 Å². The number of benzene rings is 3. The first-order valence-corrected chi connectivity index (χ1v) is 14.0. The van der Waals surface area contributed by atoms with Crippen LogP contribution in [0, 0.1) is 5.92 Å². The first-order chi connectivity index (χ1) is 20.2. The fourth-order valence-electron chi connectivity index (χ4n) is 5.28. The van der Waals surface area contributed by atoms with Gasteiger partial charge in [0.15, 0.2) is 11.5 Å². The Morgan fingerprint density at radius 2 is 1.90 bits per heavy atom. The number of carbonyl (C=O) groups excluding carboxylic acids is 1. The molecule has 3 N–H and O–H groups in total. The lowest BCUT2D eigenvalue weighted by Gasteiger charge is -2.27. The predicted molar refractivity (Wildman–Crippen MR) is 166 cm³/mol. The van der Waals surface area contributed by atoms with Crippen molar-refractivity contribution in [2.75, 3.05) is 24.1 Å². The van der Waals surface area contributed by atoms with Gasteiger partial charge in [-0.25, -0.2) is 0 Å². The molecule has 0 spiro atoms. The predicted octanol–water partition coefficient (Wildman–Crippen LogP) is 6.22. The van der Waals surface area contributed by atoms with E-state index in [0.717, 1.165) is 39.7 Å². The Morgan fingerprint density at radius 1 is 1.07 bits per heavy atom. The third-order valence-electron chi connectivity index (χ3n) is 7.68. The number of phenols is 1. The third-order valence-corrected chi connectivity index (χ3v) is 7.68. The molecule has 6 rings (SSSR count). The number of fused-ring (bicyclic) bond motifs is 2. The van der Waals surface area contributed by atoms with E-state index in [1.807, 2.05) is 82.4 Å². The maximum absolute atomic E-state index is 13.1. The molecule has 42 heavy (non-hydrogen) atoms. The van der Waals surface area contributed by atoms with Gasteiger partial charge in [-0.15, -0.1) is 0 Å². The minimum Gasteiger partial charge on any atom is -0.508 e. The number of hydrazone groups is 1. The quantitative estimate of drug-likeness (QED) is 0.330. The Morgan fingerprint density at radius 3 is 2.74 bits per heavy atom. The summed E-state index contributed by atoms with van der Waals surface area (Å²) in [5, 5.41) is 17.8. The molecule has 214 valence electrons. The van der Waals surface area contributed by atoms with Gasteiger partial charge in [0.05, 0.1) is 11.8 Å². The van der Waals surface area contributed by atoms with Crippen LogP contribution in [0.4, 0.5) is 11.4 Å². The summed E-state index contributed by atoms with van der Waals surface area (Å²) < 4.78 is 10.9. The Balaban J connectivity index is 1.12. The van der Waals surface area contributed by atoms with Gasteiger partial charge < -0.3 is 30.2 Å². The van der Waals surface area contributed by atoms with Crippen LogP contribution in [0.2, 0.25) is 0 Å². The lowest BCUT2D eigenvalue weighted by molar-refractivity contribution is 0.102. The first kappa shape index (κ1) is 27.2. The maximum atomic E-state index is 13.1. The van der Waals surface area contributed by atoms with E-state index in [4.69, 9.17) is 9.47 Å². The molecular formula is C34H34N4O4. The normalized spacial score (nSPS) is 18.8. The van der Waals surface area contributed by atoms with Crippen LogP contribution in [0.1, 0.15) is 42.3 Å². The monoisotopic (exact) mass is 562 g/mol. The van der Waals surface area contributed by atoms with Crippen LogP contribution in [0.15, 0.2) is 95.8 Å². The summed E-state index contributed by atoms with van der Waals surface area (Å²) in [5.74, 6) is 1.61. The number of ether oxygens (including phenoxy) is 2. The average Bonchev–Trinajstić information content (AvgIpc) is 3.61. The van der Waals surface area contributed by atoms with E-state index in [-0.39, 0.29) is 35.8 Å². The number of carbonyl (C=O) groups is 1. The molecule has 8 heteroatoms. The largest absolute Gasteiger partial charge is 0.508 e. The summed E-state index contributed by atoms with van der Waals surface area (Å²) in [6.07, 6.45) is 10.5. The first-order valence-electron chi connectivity index (χ1n) is 14.0. The number of hydrogen-bond acceptors (Lipinski definition) is 7. The Labute approximate surface area is 245 Å². The molecule has 0 saturated heterocycles.